The van der Waals surface area contributed by atoms with E-state index in [4.69, 9.17) is 0 Å². The quantitative estimate of drug-likeness (QED) is 0.753. The van der Waals surface area contributed by atoms with Gasteiger partial charge in [-0.05, 0) is 37.3 Å². The fourth-order valence-corrected chi connectivity index (χ4v) is 3.81. The van der Waals surface area contributed by atoms with Crippen LogP contribution in [-0.4, -0.2) is 14.8 Å². The Morgan fingerprint density at radius 3 is 2.78 bits per heavy atom. The molecule has 0 saturated heterocycles. The van der Waals surface area contributed by atoms with Gasteiger partial charge in [-0.25, -0.2) is 4.68 Å². The molecule has 2 aromatic heterocycles. The molecule has 1 fully saturated rings. The molecule has 2 N–H and O–H groups in total. The van der Waals surface area contributed by atoms with Crippen molar-refractivity contribution in [3.63, 3.8) is 0 Å². The van der Waals surface area contributed by atoms with Crippen molar-refractivity contribution in [1.82, 2.24) is 14.8 Å². The molecule has 3 aromatic rings. The Morgan fingerprint density at radius 2 is 1.91 bits per heavy atom. The van der Waals surface area contributed by atoms with E-state index in [1.807, 2.05) is 10.7 Å². The number of aromatic nitrogens is 3. The highest BCUT2D eigenvalue weighted by molar-refractivity contribution is 5.83. The topological polar surface area (TPSA) is 53.6 Å². The first-order valence-corrected chi connectivity index (χ1v) is 8.67. The number of benzene rings is 1. The van der Waals surface area contributed by atoms with Crippen LogP contribution in [-0.2, 0) is 12.8 Å². The zero-order valence-corrected chi connectivity index (χ0v) is 13.3. The van der Waals surface area contributed by atoms with Crippen LogP contribution < -0.4 is 5.56 Å². The van der Waals surface area contributed by atoms with Crippen LogP contribution in [0.25, 0.3) is 10.9 Å². The molecule has 0 unspecified atom stereocenters. The van der Waals surface area contributed by atoms with Crippen LogP contribution in [0.3, 0.4) is 0 Å². The average Bonchev–Trinajstić information content (AvgIpc) is 3.17. The van der Waals surface area contributed by atoms with E-state index in [9.17, 15) is 4.79 Å². The summed E-state index contributed by atoms with van der Waals surface area (Å²) in [5.41, 5.74) is 3.67. The first-order valence-electron chi connectivity index (χ1n) is 8.67. The van der Waals surface area contributed by atoms with E-state index in [1.165, 1.54) is 35.7 Å². The molecule has 4 rings (SSSR count). The maximum atomic E-state index is 12.2. The lowest BCUT2D eigenvalue weighted by atomic mass is 9.96. The van der Waals surface area contributed by atoms with Gasteiger partial charge in [0.2, 0.25) is 0 Å². The molecule has 0 bridgehead atoms. The highest BCUT2D eigenvalue weighted by atomic mass is 16.1. The Kier molecular flexibility index (Phi) is 3.82. The summed E-state index contributed by atoms with van der Waals surface area (Å²) >= 11 is 0. The third-order valence-electron chi connectivity index (χ3n) is 5.08. The maximum Gasteiger partial charge on any atom is 0.266 e. The highest BCUT2D eigenvalue weighted by Crippen LogP contribution is 2.26. The fraction of sp³-hybridized carbons (Fsp3) is 0.421. The van der Waals surface area contributed by atoms with Gasteiger partial charge in [0.05, 0.1) is 6.04 Å². The number of rotatable bonds is 4. The molecule has 1 aliphatic carbocycles. The van der Waals surface area contributed by atoms with E-state index >= 15 is 0 Å². The number of fused-ring (bicyclic) bond motifs is 1. The lowest BCUT2D eigenvalue weighted by molar-refractivity contribution is 0.322. The molecule has 4 nitrogen and oxygen atoms in total. The number of hydrogen-bond donors (Lipinski definition) is 2. The summed E-state index contributed by atoms with van der Waals surface area (Å²) in [6.07, 6.45) is 9.93. The van der Waals surface area contributed by atoms with Gasteiger partial charge >= 0.3 is 0 Å². The standard InChI is InChI=1S/C19H23N3O/c23-19-12-15(21-22(19)16-6-2-1-3-7-16)11-10-14-13-20-18-9-5-4-8-17(14)18/h4-5,8-9,12-13,16,20-21H,1-3,6-7,10-11H2. The van der Waals surface area contributed by atoms with Gasteiger partial charge < -0.3 is 4.98 Å². The first-order chi connectivity index (χ1) is 11.3. The Hall–Kier alpha value is -2.23. The SMILES string of the molecule is O=c1cc(CCc2c[nH]c3ccccc23)[nH]n1C1CCCCC1. The lowest BCUT2D eigenvalue weighted by Crippen LogP contribution is -2.23. The summed E-state index contributed by atoms with van der Waals surface area (Å²) in [5.74, 6) is 0. The van der Waals surface area contributed by atoms with Crippen LogP contribution in [0.2, 0.25) is 0 Å². The van der Waals surface area contributed by atoms with Crippen molar-refractivity contribution in [2.24, 2.45) is 0 Å². The molecule has 23 heavy (non-hydrogen) atoms. The van der Waals surface area contributed by atoms with Crippen LogP contribution in [0.1, 0.15) is 49.4 Å². The van der Waals surface area contributed by atoms with Gasteiger partial charge in [0, 0.05) is 28.9 Å². The number of hydrogen-bond acceptors (Lipinski definition) is 1. The molecular formula is C19H23N3O. The van der Waals surface area contributed by atoms with Crippen molar-refractivity contribution < 1.29 is 0 Å². The van der Waals surface area contributed by atoms with Gasteiger partial charge in [0.25, 0.3) is 5.56 Å². The molecule has 0 radical (unpaired) electrons. The number of aromatic amines is 2. The monoisotopic (exact) mass is 309 g/mol. The van der Waals surface area contributed by atoms with E-state index in [2.05, 4.69) is 34.5 Å². The Labute approximate surface area is 135 Å². The van der Waals surface area contributed by atoms with E-state index in [0.29, 0.717) is 6.04 Å². The molecule has 1 aliphatic rings. The van der Waals surface area contributed by atoms with Gasteiger partial charge in [-0.3, -0.25) is 9.89 Å². The van der Waals surface area contributed by atoms with Crippen molar-refractivity contribution in [3.05, 3.63) is 58.1 Å². The molecule has 0 amide bonds. The highest BCUT2D eigenvalue weighted by Gasteiger charge is 2.18. The summed E-state index contributed by atoms with van der Waals surface area (Å²) in [5, 5.41) is 4.63. The van der Waals surface area contributed by atoms with Gasteiger partial charge in [-0.15, -0.1) is 0 Å². The molecule has 4 heteroatoms. The van der Waals surface area contributed by atoms with Crippen LogP contribution in [0.15, 0.2) is 41.3 Å². The van der Waals surface area contributed by atoms with Gasteiger partial charge in [0.1, 0.15) is 0 Å². The zero-order chi connectivity index (χ0) is 15.6. The predicted molar refractivity (Wildman–Crippen MR) is 92.9 cm³/mol. The van der Waals surface area contributed by atoms with Crippen LogP contribution in [0.4, 0.5) is 0 Å². The second-order valence-electron chi connectivity index (χ2n) is 6.64. The minimum absolute atomic E-state index is 0.130. The molecular weight excluding hydrogens is 286 g/mol. The number of nitrogens with zero attached hydrogens (tertiary/aromatic N) is 1. The number of nitrogens with one attached hydrogen (secondary N) is 2. The second kappa shape index (κ2) is 6.11. The molecule has 120 valence electrons. The zero-order valence-electron chi connectivity index (χ0n) is 13.3. The smallest absolute Gasteiger partial charge is 0.266 e. The molecule has 1 aromatic carbocycles. The van der Waals surface area contributed by atoms with Crippen LogP contribution in [0, 0.1) is 0 Å². The Balaban J connectivity index is 1.50. The van der Waals surface area contributed by atoms with Gasteiger partial charge in [0.15, 0.2) is 0 Å². The van der Waals surface area contributed by atoms with E-state index < -0.39 is 0 Å². The summed E-state index contributed by atoms with van der Waals surface area (Å²) in [4.78, 5) is 15.6. The third-order valence-corrected chi connectivity index (χ3v) is 5.08. The fourth-order valence-electron chi connectivity index (χ4n) is 3.81. The van der Waals surface area contributed by atoms with Gasteiger partial charge in [-0.1, -0.05) is 37.5 Å². The lowest BCUT2D eigenvalue weighted by Gasteiger charge is -2.22. The molecule has 1 saturated carbocycles. The minimum atomic E-state index is 0.130. The predicted octanol–water partition coefficient (Wildman–Crippen LogP) is 3.95. The van der Waals surface area contributed by atoms with E-state index in [1.54, 1.807) is 6.07 Å². The van der Waals surface area contributed by atoms with Crippen LogP contribution >= 0.6 is 0 Å². The van der Waals surface area contributed by atoms with Crippen molar-refractivity contribution >= 4 is 10.9 Å². The first kappa shape index (κ1) is 14.4. The number of aryl methyl sites for hydroxylation is 2. The van der Waals surface area contributed by atoms with Crippen molar-refractivity contribution in [2.45, 2.75) is 51.0 Å². The van der Waals surface area contributed by atoms with Crippen molar-refractivity contribution in [1.29, 1.82) is 0 Å². The molecule has 0 aliphatic heterocycles. The molecule has 0 atom stereocenters. The van der Waals surface area contributed by atoms with Crippen molar-refractivity contribution in [2.75, 3.05) is 0 Å². The Morgan fingerprint density at radius 1 is 1.09 bits per heavy atom. The maximum absolute atomic E-state index is 12.2. The Bertz CT molecular complexity index is 849. The largest absolute Gasteiger partial charge is 0.361 e. The minimum Gasteiger partial charge on any atom is -0.361 e. The number of para-hydroxylation sites is 1. The van der Waals surface area contributed by atoms with E-state index in [0.717, 1.165) is 31.4 Å². The third kappa shape index (κ3) is 2.85. The summed E-state index contributed by atoms with van der Waals surface area (Å²) in [7, 11) is 0. The molecule has 0 spiro atoms. The van der Waals surface area contributed by atoms with Crippen LogP contribution in [0.5, 0.6) is 0 Å². The summed E-state index contributed by atoms with van der Waals surface area (Å²) in [6.45, 7) is 0. The van der Waals surface area contributed by atoms with E-state index in [-0.39, 0.29) is 5.56 Å². The van der Waals surface area contributed by atoms with Gasteiger partial charge in [-0.2, -0.15) is 0 Å². The number of H-pyrrole nitrogens is 2. The summed E-state index contributed by atoms with van der Waals surface area (Å²) < 4.78 is 1.86. The van der Waals surface area contributed by atoms with Crippen molar-refractivity contribution in [3.8, 4) is 0 Å². The summed E-state index contributed by atoms with van der Waals surface area (Å²) in [6, 6.07) is 10.5. The normalized spacial score (nSPS) is 16.2. The molecule has 2 heterocycles. The second-order valence-corrected chi connectivity index (χ2v) is 6.64. The average molecular weight is 309 g/mol.